The molecule has 0 aliphatic carbocycles. The van der Waals surface area contributed by atoms with Crippen LogP contribution in [0.3, 0.4) is 0 Å². The van der Waals surface area contributed by atoms with Crippen LogP contribution in [0.25, 0.3) is 98.8 Å². The Balaban J connectivity index is 1.19. The van der Waals surface area contributed by atoms with E-state index in [0.717, 1.165) is 21.9 Å². The van der Waals surface area contributed by atoms with Gasteiger partial charge in [-0.15, -0.1) is 0 Å². The van der Waals surface area contributed by atoms with E-state index in [1.54, 1.807) is 0 Å². The van der Waals surface area contributed by atoms with E-state index in [1.807, 2.05) is 12.1 Å². The fourth-order valence-electron chi connectivity index (χ4n) is 7.69. The minimum absolute atomic E-state index is 0.917. The molecular weight excluding hydrogens is 593 g/mol. The van der Waals surface area contributed by atoms with E-state index in [4.69, 9.17) is 4.42 Å². The van der Waals surface area contributed by atoms with Crippen LogP contribution in [0, 0.1) is 0 Å². The second-order valence-corrected chi connectivity index (χ2v) is 12.9. The molecule has 228 valence electrons. The van der Waals surface area contributed by atoms with Crippen molar-refractivity contribution in [3.8, 4) is 44.5 Å². The molecule has 0 radical (unpaired) electrons. The average Bonchev–Trinajstić information content (AvgIpc) is 3.55. The zero-order valence-corrected chi connectivity index (χ0v) is 26.7. The zero-order valence-electron chi connectivity index (χ0n) is 26.7. The quantitative estimate of drug-likeness (QED) is 0.178. The van der Waals surface area contributed by atoms with E-state index in [9.17, 15) is 0 Å². The van der Waals surface area contributed by atoms with Crippen molar-refractivity contribution in [3.05, 3.63) is 182 Å². The summed E-state index contributed by atoms with van der Waals surface area (Å²) >= 11 is 0. The van der Waals surface area contributed by atoms with Gasteiger partial charge in [0.2, 0.25) is 0 Å². The van der Waals surface area contributed by atoms with Gasteiger partial charge in [-0.05, 0) is 107 Å². The Labute approximate surface area is 284 Å². The van der Waals surface area contributed by atoms with Crippen molar-refractivity contribution in [1.82, 2.24) is 0 Å². The maximum Gasteiger partial charge on any atom is 0.135 e. The Kier molecular flexibility index (Phi) is 6.25. The molecule has 0 amide bonds. The van der Waals surface area contributed by atoms with Gasteiger partial charge >= 0.3 is 0 Å². The lowest BCUT2D eigenvalue weighted by atomic mass is 9.84. The van der Waals surface area contributed by atoms with E-state index in [0.29, 0.717) is 0 Å². The molecule has 0 saturated heterocycles. The van der Waals surface area contributed by atoms with Crippen molar-refractivity contribution in [2.75, 3.05) is 0 Å². The normalized spacial score (nSPS) is 11.7. The number of hydrogen-bond acceptors (Lipinski definition) is 1. The van der Waals surface area contributed by atoms with Gasteiger partial charge in [0.05, 0.1) is 0 Å². The van der Waals surface area contributed by atoms with Crippen LogP contribution in [-0.2, 0) is 0 Å². The summed E-state index contributed by atoms with van der Waals surface area (Å²) in [5.41, 5.74) is 11.6. The van der Waals surface area contributed by atoms with E-state index in [1.165, 1.54) is 76.8 Å². The Hall–Kier alpha value is -6.44. The van der Waals surface area contributed by atoms with Crippen molar-refractivity contribution in [2.24, 2.45) is 0 Å². The van der Waals surface area contributed by atoms with Crippen LogP contribution in [0.2, 0.25) is 0 Å². The van der Waals surface area contributed by atoms with Gasteiger partial charge in [0.25, 0.3) is 0 Å². The standard InChI is InChI=1S/C48H30O/c1-2-10-31(11-3-1)36-24-26-42-44(30-36)48(38-23-20-32-12-4-5-13-35(32)28-38)41-16-7-6-15-40(41)47(42)34-21-18-33(19-22-34)37-25-27-46-43(29-37)39-14-8-9-17-45(39)49-46/h1-30H. The second-order valence-electron chi connectivity index (χ2n) is 12.9. The molecule has 10 rings (SSSR count). The van der Waals surface area contributed by atoms with Crippen molar-refractivity contribution in [3.63, 3.8) is 0 Å². The highest BCUT2D eigenvalue weighted by Crippen LogP contribution is 2.45. The number of rotatable bonds is 4. The van der Waals surface area contributed by atoms with Crippen LogP contribution in [0.4, 0.5) is 0 Å². The highest BCUT2D eigenvalue weighted by molar-refractivity contribution is 6.22. The Morgan fingerprint density at radius 3 is 1.55 bits per heavy atom. The highest BCUT2D eigenvalue weighted by Gasteiger charge is 2.18. The lowest BCUT2D eigenvalue weighted by Crippen LogP contribution is -1.92. The minimum atomic E-state index is 0.917. The van der Waals surface area contributed by atoms with Gasteiger partial charge < -0.3 is 4.42 Å². The minimum Gasteiger partial charge on any atom is -0.456 e. The van der Waals surface area contributed by atoms with E-state index in [-0.39, 0.29) is 0 Å². The molecule has 0 spiro atoms. The first-order valence-corrected chi connectivity index (χ1v) is 16.8. The van der Waals surface area contributed by atoms with Gasteiger partial charge in [-0.25, -0.2) is 0 Å². The molecule has 1 aromatic heterocycles. The molecule has 1 heterocycles. The number of fused-ring (bicyclic) bond motifs is 6. The van der Waals surface area contributed by atoms with E-state index >= 15 is 0 Å². The topological polar surface area (TPSA) is 13.1 Å². The largest absolute Gasteiger partial charge is 0.456 e. The molecule has 0 saturated carbocycles. The van der Waals surface area contributed by atoms with Crippen LogP contribution < -0.4 is 0 Å². The monoisotopic (exact) mass is 622 g/mol. The van der Waals surface area contributed by atoms with Crippen molar-refractivity contribution >= 4 is 54.3 Å². The predicted octanol–water partition coefficient (Wildman–Crippen LogP) is 13.7. The number of benzene rings is 9. The first-order chi connectivity index (χ1) is 24.3. The maximum absolute atomic E-state index is 6.10. The van der Waals surface area contributed by atoms with Crippen molar-refractivity contribution in [2.45, 2.75) is 0 Å². The van der Waals surface area contributed by atoms with E-state index < -0.39 is 0 Å². The summed E-state index contributed by atoms with van der Waals surface area (Å²) < 4.78 is 6.10. The Morgan fingerprint density at radius 2 is 0.755 bits per heavy atom. The Bertz CT molecular complexity index is 2860. The third kappa shape index (κ3) is 4.55. The second kappa shape index (κ2) is 11.1. The van der Waals surface area contributed by atoms with E-state index in [2.05, 4.69) is 170 Å². The molecule has 0 aliphatic rings. The molecule has 49 heavy (non-hydrogen) atoms. The van der Waals surface area contributed by atoms with Crippen LogP contribution in [-0.4, -0.2) is 0 Å². The highest BCUT2D eigenvalue weighted by atomic mass is 16.3. The molecule has 0 unspecified atom stereocenters. The first-order valence-electron chi connectivity index (χ1n) is 16.8. The maximum atomic E-state index is 6.10. The molecule has 0 bridgehead atoms. The molecule has 0 atom stereocenters. The van der Waals surface area contributed by atoms with Gasteiger partial charge in [0.15, 0.2) is 0 Å². The van der Waals surface area contributed by atoms with Crippen molar-refractivity contribution in [1.29, 1.82) is 0 Å². The van der Waals surface area contributed by atoms with Crippen LogP contribution >= 0.6 is 0 Å². The third-order valence-electron chi connectivity index (χ3n) is 10.1. The number of para-hydroxylation sites is 1. The summed E-state index contributed by atoms with van der Waals surface area (Å²) in [6.07, 6.45) is 0. The molecule has 0 N–H and O–H groups in total. The number of furan rings is 1. The summed E-state index contributed by atoms with van der Waals surface area (Å²) in [5, 5.41) is 9.81. The zero-order chi connectivity index (χ0) is 32.3. The predicted molar refractivity (Wildman–Crippen MR) is 208 cm³/mol. The SMILES string of the molecule is c1ccc(-c2ccc3c(-c4ccc(-c5ccc6oc7ccccc7c6c5)cc4)c4ccccc4c(-c4ccc5ccccc5c4)c3c2)cc1. The van der Waals surface area contributed by atoms with Gasteiger partial charge in [-0.2, -0.15) is 0 Å². The summed E-state index contributed by atoms with van der Waals surface area (Å²) in [6.45, 7) is 0. The molecule has 0 aliphatic heterocycles. The van der Waals surface area contributed by atoms with Gasteiger partial charge in [0.1, 0.15) is 11.2 Å². The molecule has 9 aromatic carbocycles. The van der Waals surface area contributed by atoms with Crippen LogP contribution in [0.1, 0.15) is 0 Å². The number of hydrogen-bond donors (Lipinski definition) is 0. The first kappa shape index (κ1) is 27.7. The smallest absolute Gasteiger partial charge is 0.135 e. The molecule has 0 fully saturated rings. The van der Waals surface area contributed by atoms with Crippen LogP contribution in [0.15, 0.2) is 186 Å². The summed E-state index contributed by atoms with van der Waals surface area (Å²) in [5.74, 6) is 0. The van der Waals surface area contributed by atoms with Gasteiger partial charge in [-0.3, -0.25) is 0 Å². The molecule has 1 nitrogen and oxygen atoms in total. The fourth-order valence-corrected chi connectivity index (χ4v) is 7.69. The molecule has 10 aromatic rings. The third-order valence-corrected chi connectivity index (χ3v) is 10.1. The van der Waals surface area contributed by atoms with Gasteiger partial charge in [-0.1, -0.05) is 152 Å². The molecular formula is C48H30O. The Morgan fingerprint density at radius 1 is 0.245 bits per heavy atom. The summed E-state index contributed by atoms with van der Waals surface area (Å²) in [7, 11) is 0. The van der Waals surface area contributed by atoms with Crippen molar-refractivity contribution < 1.29 is 4.42 Å². The molecule has 1 heteroatoms. The van der Waals surface area contributed by atoms with Crippen LogP contribution in [0.5, 0.6) is 0 Å². The van der Waals surface area contributed by atoms with Gasteiger partial charge in [0, 0.05) is 10.8 Å². The lowest BCUT2D eigenvalue weighted by molar-refractivity contribution is 0.669. The average molecular weight is 623 g/mol. The fraction of sp³-hybridized carbons (Fsp3) is 0. The lowest BCUT2D eigenvalue weighted by Gasteiger charge is -2.19. The summed E-state index contributed by atoms with van der Waals surface area (Å²) in [4.78, 5) is 0. The summed E-state index contributed by atoms with van der Waals surface area (Å²) in [6, 6.07) is 66.0.